The van der Waals surface area contributed by atoms with E-state index in [4.69, 9.17) is 11.6 Å². The van der Waals surface area contributed by atoms with Crippen molar-refractivity contribution in [3.05, 3.63) is 35.6 Å². The third-order valence-electron chi connectivity index (χ3n) is 3.08. The van der Waals surface area contributed by atoms with Crippen molar-refractivity contribution in [2.75, 3.05) is 0 Å². The largest absolute Gasteiger partial charge is 0.348 e. The highest BCUT2D eigenvalue weighted by atomic mass is 35.5. The molecule has 1 fully saturated rings. The zero-order chi connectivity index (χ0) is 12.3. The Hall–Kier alpha value is -1.09. The summed E-state index contributed by atoms with van der Waals surface area (Å²) < 4.78 is 13.0. The topological polar surface area (TPSA) is 29.1 Å². The third-order valence-corrected chi connectivity index (χ3v) is 3.61. The molecule has 0 spiro atoms. The number of rotatable bonds is 2. The average Bonchev–Trinajstić information content (AvgIpc) is 2.32. The van der Waals surface area contributed by atoms with Gasteiger partial charge in [0.15, 0.2) is 0 Å². The number of halogens is 2. The van der Waals surface area contributed by atoms with Crippen molar-refractivity contribution < 1.29 is 9.18 Å². The number of nitrogens with one attached hydrogen (secondary N) is 1. The minimum absolute atomic E-state index is 0.00110. The molecule has 92 valence electrons. The normalized spacial score (nSPS) is 24.4. The standard InChI is InChI=1S/C13H15ClFNO/c14-11-6-1-2-7-12(11)16-13(17)9-4-3-5-10(15)8-9/h3-5,8,11-12H,1-2,6-7H2,(H,16,17). The van der Waals surface area contributed by atoms with Crippen molar-refractivity contribution in [1.82, 2.24) is 5.32 Å². The summed E-state index contributed by atoms with van der Waals surface area (Å²) >= 11 is 6.16. The maximum absolute atomic E-state index is 13.0. The minimum Gasteiger partial charge on any atom is -0.348 e. The number of benzene rings is 1. The van der Waals surface area contributed by atoms with Gasteiger partial charge in [-0.3, -0.25) is 4.79 Å². The predicted octanol–water partition coefficient (Wildman–Crippen LogP) is 3.11. The molecule has 1 saturated carbocycles. The van der Waals surface area contributed by atoms with Crippen LogP contribution in [0.1, 0.15) is 36.0 Å². The van der Waals surface area contributed by atoms with Crippen molar-refractivity contribution in [2.45, 2.75) is 37.1 Å². The molecule has 1 N–H and O–H groups in total. The predicted molar refractivity (Wildman–Crippen MR) is 65.8 cm³/mol. The molecule has 0 heterocycles. The van der Waals surface area contributed by atoms with Crippen molar-refractivity contribution in [2.24, 2.45) is 0 Å². The molecule has 0 saturated heterocycles. The summed E-state index contributed by atoms with van der Waals surface area (Å²) in [6, 6.07) is 5.69. The van der Waals surface area contributed by atoms with Gasteiger partial charge < -0.3 is 5.32 Å². The molecule has 2 unspecified atom stereocenters. The van der Waals surface area contributed by atoms with Crippen LogP contribution in [0.5, 0.6) is 0 Å². The Bertz CT molecular complexity index is 410. The minimum atomic E-state index is -0.399. The maximum Gasteiger partial charge on any atom is 0.251 e. The van der Waals surface area contributed by atoms with Crippen LogP contribution in [-0.2, 0) is 0 Å². The Morgan fingerprint density at radius 2 is 2.12 bits per heavy atom. The molecule has 1 amide bonds. The lowest BCUT2D eigenvalue weighted by atomic mass is 9.94. The zero-order valence-electron chi connectivity index (χ0n) is 9.46. The van der Waals surface area contributed by atoms with E-state index >= 15 is 0 Å². The SMILES string of the molecule is O=C(NC1CCCCC1Cl)c1cccc(F)c1. The molecule has 0 aliphatic heterocycles. The third kappa shape index (κ3) is 3.19. The summed E-state index contributed by atoms with van der Waals surface area (Å²) in [5.41, 5.74) is 0.347. The van der Waals surface area contributed by atoms with Gasteiger partial charge in [0.2, 0.25) is 0 Å². The number of amides is 1. The van der Waals surface area contributed by atoms with Crippen LogP contribution in [0, 0.1) is 5.82 Å². The first-order valence-electron chi connectivity index (χ1n) is 5.87. The van der Waals surface area contributed by atoms with Gasteiger partial charge in [0.25, 0.3) is 5.91 Å². The van der Waals surface area contributed by atoms with Crippen LogP contribution >= 0.6 is 11.6 Å². The van der Waals surface area contributed by atoms with Crippen LogP contribution in [0.2, 0.25) is 0 Å². The Balaban J connectivity index is 2.01. The van der Waals surface area contributed by atoms with Crippen LogP contribution in [0.15, 0.2) is 24.3 Å². The van der Waals surface area contributed by atoms with E-state index in [1.165, 1.54) is 18.2 Å². The summed E-state index contributed by atoms with van der Waals surface area (Å²) in [6.45, 7) is 0. The fraction of sp³-hybridized carbons (Fsp3) is 0.462. The number of alkyl halides is 1. The van der Waals surface area contributed by atoms with Crippen LogP contribution in [-0.4, -0.2) is 17.3 Å². The first-order chi connectivity index (χ1) is 8.16. The Morgan fingerprint density at radius 3 is 2.82 bits per heavy atom. The highest BCUT2D eigenvalue weighted by molar-refractivity contribution is 6.21. The zero-order valence-corrected chi connectivity index (χ0v) is 10.2. The van der Waals surface area contributed by atoms with Gasteiger partial charge in [0.05, 0.1) is 5.38 Å². The van der Waals surface area contributed by atoms with E-state index in [9.17, 15) is 9.18 Å². The van der Waals surface area contributed by atoms with Gasteiger partial charge in [-0.25, -0.2) is 4.39 Å². The second-order valence-corrected chi connectivity index (χ2v) is 4.95. The van der Waals surface area contributed by atoms with Gasteiger partial charge in [0.1, 0.15) is 5.82 Å². The molecule has 0 radical (unpaired) electrons. The van der Waals surface area contributed by atoms with E-state index in [1.54, 1.807) is 6.07 Å². The van der Waals surface area contributed by atoms with Crippen LogP contribution in [0.25, 0.3) is 0 Å². The van der Waals surface area contributed by atoms with Crippen molar-refractivity contribution in [3.63, 3.8) is 0 Å². The number of hydrogen-bond acceptors (Lipinski definition) is 1. The Kier molecular flexibility index (Phi) is 4.00. The molecule has 17 heavy (non-hydrogen) atoms. The van der Waals surface area contributed by atoms with Crippen molar-refractivity contribution in [3.8, 4) is 0 Å². The quantitative estimate of drug-likeness (QED) is 0.809. The highest BCUT2D eigenvalue weighted by Crippen LogP contribution is 2.23. The van der Waals surface area contributed by atoms with Gasteiger partial charge in [0, 0.05) is 11.6 Å². The smallest absolute Gasteiger partial charge is 0.251 e. The van der Waals surface area contributed by atoms with E-state index in [2.05, 4.69) is 5.32 Å². The monoisotopic (exact) mass is 255 g/mol. The Morgan fingerprint density at radius 1 is 1.35 bits per heavy atom. The molecule has 1 aromatic carbocycles. The molecule has 0 aromatic heterocycles. The van der Waals surface area contributed by atoms with Crippen LogP contribution in [0.3, 0.4) is 0 Å². The first kappa shape index (κ1) is 12.4. The molecule has 2 rings (SSSR count). The van der Waals surface area contributed by atoms with Gasteiger partial charge in [-0.2, -0.15) is 0 Å². The Labute approximate surface area is 105 Å². The summed E-state index contributed by atoms with van der Waals surface area (Å²) in [4.78, 5) is 11.9. The van der Waals surface area contributed by atoms with Gasteiger partial charge in [-0.05, 0) is 31.0 Å². The number of hydrogen-bond donors (Lipinski definition) is 1. The molecule has 1 aliphatic carbocycles. The summed E-state index contributed by atoms with van der Waals surface area (Å²) in [6.07, 6.45) is 4.02. The lowest BCUT2D eigenvalue weighted by Crippen LogP contribution is -2.42. The summed E-state index contributed by atoms with van der Waals surface area (Å²) in [5.74, 6) is -0.647. The van der Waals surface area contributed by atoms with E-state index < -0.39 is 5.82 Å². The van der Waals surface area contributed by atoms with Gasteiger partial charge in [-0.1, -0.05) is 18.9 Å². The second-order valence-electron chi connectivity index (χ2n) is 4.39. The van der Waals surface area contributed by atoms with Crippen LogP contribution < -0.4 is 5.32 Å². The van der Waals surface area contributed by atoms with E-state index in [0.29, 0.717) is 5.56 Å². The van der Waals surface area contributed by atoms with Crippen molar-refractivity contribution in [1.29, 1.82) is 0 Å². The first-order valence-corrected chi connectivity index (χ1v) is 6.31. The van der Waals surface area contributed by atoms with Crippen molar-refractivity contribution >= 4 is 17.5 Å². The van der Waals surface area contributed by atoms with Gasteiger partial charge >= 0.3 is 0 Å². The summed E-state index contributed by atoms with van der Waals surface area (Å²) in [5, 5.41) is 2.86. The van der Waals surface area contributed by atoms with E-state index in [-0.39, 0.29) is 17.3 Å². The second kappa shape index (κ2) is 5.50. The number of carbonyl (C=O) groups is 1. The fourth-order valence-corrected chi connectivity index (χ4v) is 2.47. The van der Waals surface area contributed by atoms with Gasteiger partial charge in [-0.15, -0.1) is 11.6 Å². The van der Waals surface area contributed by atoms with E-state index in [0.717, 1.165) is 25.7 Å². The molecule has 0 bridgehead atoms. The molecular weight excluding hydrogens is 241 g/mol. The molecule has 2 atom stereocenters. The molecule has 1 aromatic rings. The highest BCUT2D eigenvalue weighted by Gasteiger charge is 2.24. The van der Waals surface area contributed by atoms with Crippen LogP contribution in [0.4, 0.5) is 4.39 Å². The average molecular weight is 256 g/mol. The lowest BCUT2D eigenvalue weighted by molar-refractivity contribution is 0.0928. The molecule has 2 nitrogen and oxygen atoms in total. The summed E-state index contributed by atoms with van der Waals surface area (Å²) in [7, 11) is 0. The maximum atomic E-state index is 13.0. The number of carbonyl (C=O) groups excluding carboxylic acids is 1. The lowest BCUT2D eigenvalue weighted by Gasteiger charge is -2.27. The molecule has 1 aliphatic rings. The molecule has 4 heteroatoms. The van der Waals surface area contributed by atoms with E-state index in [1.807, 2.05) is 0 Å². The fourth-order valence-electron chi connectivity index (χ4n) is 2.13. The molecular formula is C13H15ClFNO.